The summed E-state index contributed by atoms with van der Waals surface area (Å²) < 4.78 is 45.0. The third-order valence-corrected chi connectivity index (χ3v) is 3.51. The molecule has 1 fully saturated rings. The zero-order valence-corrected chi connectivity index (χ0v) is 12.2. The van der Waals surface area contributed by atoms with E-state index in [2.05, 4.69) is 10.1 Å². The number of hydrogen-bond acceptors (Lipinski definition) is 4. The Kier molecular flexibility index (Phi) is 4.95. The molecule has 2 rings (SSSR count). The zero-order valence-electron chi connectivity index (χ0n) is 12.2. The van der Waals surface area contributed by atoms with Crippen LogP contribution in [0, 0.1) is 5.41 Å². The van der Waals surface area contributed by atoms with Crippen molar-refractivity contribution < 1.29 is 27.4 Å². The first-order valence-corrected chi connectivity index (χ1v) is 7.07. The molecule has 0 unspecified atom stereocenters. The van der Waals surface area contributed by atoms with Gasteiger partial charge in [-0.2, -0.15) is 0 Å². The molecule has 0 amide bonds. The monoisotopic (exact) mass is 317 g/mol. The Bertz CT molecular complexity index is 510. The van der Waals surface area contributed by atoms with Crippen LogP contribution in [-0.2, 0) is 16.1 Å². The summed E-state index contributed by atoms with van der Waals surface area (Å²) in [6.07, 6.45) is -3.08. The maximum Gasteiger partial charge on any atom is 0.573 e. The van der Waals surface area contributed by atoms with Crippen molar-refractivity contribution in [1.82, 2.24) is 5.32 Å². The van der Waals surface area contributed by atoms with Gasteiger partial charge < -0.3 is 14.8 Å². The summed E-state index contributed by atoms with van der Waals surface area (Å²) in [5.41, 5.74) is 0.393. The molecule has 0 atom stereocenters. The lowest BCUT2D eigenvalue weighted by molar-refractivity contribution is -0.274. The molecule has 0 heterocycles. The van der Waals surface area contributed by atoms with Crippen LogP contribution in [0.2, 0.25) is 0 Å². The number of nitrogens with one attached hydrogen (secondary N) is 1. The van der Waals surface area contributed by atoms with Crippen molar-refractivity contribution in [2.45, 2.75) is 32.7 Å². The lowest BCUT2D eigenvalue weighted by Gasteiger charge is -2.15. The largest absolute Gasteiger partial charge is 0.573 e. The average Bonchev–Trinajstić information content (AvgIpc) is 3.21. The Morgan fingerprint density at radius 2 is 1.91 bits per heavy atom. The fourth-order valence-electron chi connectivity index (χ4n) is 2.14. The molecule has 1 aliphatic rings. The average molecular weight is 317 g/mol. The van der Waals surface area contributed by atoms with Gasteiger partial charge in [-0.25, -0.2) is 0 Å². The molecule has 122 valence electrons. The van der Waals surface area contributed by atoms with E-state index < -0.39 is 11.8 Å². The van der Waals surface area contributed by atoms with Crippen molar-refractivity contribution in [3.63, 3.8) is 0 Å². The van der Waals surface area contributed by atoms with Crippen LogP contribution in [0.25, 0.3) is 0 Å². The maximum atomic E-state index is 12.0. The quantitative estimate of drug-likeness (QED) is 0.785. The Hall–Kier alpha value is -1.76. The molecule has 0 aliphatic heterocycles. The molecule has 0 bridgehead atoms. The van der Waals surface area contributed by atoms with Gasteiger partial charge in [-0.05, 0) is 37.5 Å². The van der Waals surface area contributed by atoms with E-state index in [1.807, 2.05) is 0 Å². The van der Waals surface area contributed by atoms with Crippen LogP contribution in [0.4, 0.5) is 13.2 Å². The van der Waals surface area contributed by atoms with Crippen LogP contribution in [0.5, 0.6) is 5.75 Å². The second-order valence-corrected chi connectivity index (χ2v) is 5.30. The summed E-state index contributed by atoms with van der Waals surface area (Å²) in [6, 6.07) is 5.64. The minimum atomic E-state index is -4.68. The fraction of sp³-hybridized carbons (Fsp3) is 0.533. The van der Waals surface area contributed by atoms with Crippen molar-refractivity contribution in [2.24, 2.45) is 5.41 Å². The molecule has 1 aliphatic carbocycles. The summed E-state index contributed by atoms with van der Waals surface area (Å²) in [7, 11) is 0. The third-order valence-electron chi connectivity index (χ3n) is 3.51. The lowest BCUT2D eigenvalue weighted by Crippen LogP contribution is -2.31. The molecule has 0 saturated heterocycles. The fourth-order valence-corrected chi connectivity index (χ4v) is 2.14. The number of esters is 1. The molecule has 0 radical (unpaired) electrons. The van der Waals surface area contributed by atoms with E-state index in [0.717, 1.165) is 18.4 Å². The van der Waals surface area contributed by atoms with Crippen LogP contribution in [0.15, 0.2) is 24.3 Å². The predicted octanol–water partition coefficient (Wildman–Crippen LogP) is 3.02. The minimum absolute atomic E-state index is 0.184. The Morgan fingerprint density at radius 1 is 1.27 bits per heavy atom. The molecule has 1 aromatic rings. The van der Waals surface area contributed by atoms with E-state index in [0.29, 0.717) is 19.7 Å². The molecular formula is C15H18F3NO3. The second-order valence-electron chi connectivity index (χ2n) is 5.30. The van der Waals surface area contributed by atoms with Crippen molar-refractivity contribution in [3.8, 4) is 5.75 Å². The number of ether oxygens (including phenoxy) is 2. The van der Waals surface area contributed by atoms with E-state index in [9.17, 15) is 18.0 Å². The highest BCUT2D eigenvalue weighted by molar-refractivity contribution is 5.80. The summed E-state index contributed by atoms with van der Waals surface area (Å²) in [5.74, 6) is -0.433. The molecule has 1 N–H and O–H groups in total. The molecular weight excluding hydrogens is 299 g/mol. The molecule has 4 nitrogen and oxygen atoms in total. The number of rotatable bonds is 7. The van der Waals surface area contributed by atoms with E-state index in [4.69, 9.17) is 4.74 Å². The van der Waals surface area contributed by atoms with Crippen LogP contribution in [0.3, 0.4) is 0 Å². The van der Waals surface area contributed by atoms with Crippen LogP contribution < -0.4 is 10.1 Å². The van der Waals surface area contributed by atoms with Gasteiger partial charge in [0.15, 0.2) is 0 Å². The molecule has 1 saturated carbocycles. The number of carbonyl (C=O) groups excluding carboxylic acids is 1. The van der Waals surface area contributed by atoms with Gasteiger partial charge >= 0.3 is 12.3 Å². The first-order chi connectivity index (χ1) is 10.3. The van der Waals surface area contributed by atoms with Gasteiger partial charge in [-0.15, -0.1) is 13.2 Å². The number of carbonyl (C=O) groups is 1. The van der Waals surface area contributed by atoms with Crippen molar-refractivity contribution in [3.05, 3.63) is 29.8 Å². The smallest absolute Gasteiger partial charge is 0.466 e. The number of hydrogen-bond donors (Lipinski definition) is 1. The van der Waals surface area contributed by atoms with E-state index in [1.165, 1.54) is 12.1 Å². The van der Waals surface area contributed by atoms with Gasteiger partial charge in [0.05, 0.1) is 12.0 Å². The maximum absolute atomic E-state index is 12.0. The summed E-state index contributed by atoms with van der Waals surface area (Å²) in [6.45, 7) is 3.10. The van der Waals surface area contributed by atoms with Gasteiger partial charge in [-0.3, -0.25) is 4.79 Å². The summed E-state index contributed by atoms with van der Waals surface area (Å²) in [5, 5.41) is 3.15. The number of halogens is 3. The Labute approximate surface area is 126 Å². The zero-order chi connectivity index (χ0) is 16.2. The minimum Gasteiger partial charge on any atom is -0.466 e. The summed E-state index contributed by atoms with van der Waals surface area (Å²) in [4.78, 5) is 11.8. The normalized spacial score (nSPS) is 16.2. The standard InChI is InChI=1S/C15H18F3NO3/c1-2-21-13(20)14(7-8-14)10-19-9-11-3-5-12(6-4-11)22-15(16,17)18/h3-6,19H,2,7-10H2,1H3. The van der Waals surface area contributed by atoms with Gasteiger partial charge in [0, 0.05) is 13.1 Å². The highest BCUT2D eigenvalue weighted by atomic mass is 19.4. The molecule has 1 aromatic carbocycles. The topological polar surface area (TPSA) is 47.6 Å². The van der Waals surface area contributed by atoms with Crippen molar-refractivity contribution >= 4 is 5.97 Å². The van der Waals surface area contributed by atoms with Crippen LogP contribution in [0.1, 0.15) is 25.3 Å². The van der Waals surface area contributed by atoms with Gasteiger partial charge in [-0.1, -0.05) is 12.1 Å². The molecule has 0 aromatic heterocycles. The Balaban J connectivity index is 1.79. The lowest BCUT2D eigenvalue weighted by atomic mass is 10.1. The number of alkyl halides is 3. The summed E-state index contributed by atoms with van der Waals surface area (Å²) >= 11 is 0. The van der Waals surface area contributed by atoms with Crippen molar-refractivity contribution in [1.29, 1.82) is 0 Å². The molecule has 22 heavy (non-hydrogen) atoms. The number of benzene rings is 1. The van der Waals surface area contributed by atoms with Crippen molar-refractivity contribution in [2.75, 3.05) is 13.2 Å². The first kappa shape index (κ1) is 16.6. The van der Waals surface area contributed by atoms with E-state index >= 15 is 0 Å². The Morgan fingerprint density at radius 3 is 2.41 bits per heavy atom. The molecule has 0 spiro atoms. The van der Waals surface area contributed by atoms with Gasteiger partial charge in [0.1, 0.15) is 5.75 Å². The van der Waals surface area contributed by atoms with Crippen LogP contribution >= 0.6 is 0 Å². The third kappa shape index (κ3) is 4.62. The highest BCUT2D eigenvalue weighted by Crippen LogP contribution is 2.46. The second kappa shape index (κ2) is 6.56. The van der Waals surface area contributed by atoms with E-state index in [-0.39, 0.29) is 11.7 Å². The van der Waals surface area contributed by atoms with Gasteiger partial charge in [0.25, 0.3) is 0 Å². The molecule has 7 heteroatoms. The van der Waals surface area contributed by atoms with E-state index in [1.54, 1.807) is 19.1 Å². The first-order valence-electron chi connectivity index (χ1n) is 7.07. The van der Waals surface area contributed by atoms with Gasteiger partial charge in [0.2, 0.25) is 0 Å². The highest BCUT2D eigenvalue weighted by Gasteiger charge is 2.50. The predicted molar refractivity (Wildman–Crippen MR) is 73.1 cm³/mol. The van der Waals surface area contributed by atoms with Crippen LogP contribution in [-0.4, -0.2) is 25.5 Å². The SMILES string of the molecule is CCOC(=O)C1(CNCc2ccc(OC(F)(F)F)cc2)CC1.